The standard InChI is InChI=1S/C20H34O2S3/c1-6-18(4)21-14-20(9-7-16(2)11-23,10-8-17(3)12-24)15-22-19(5)13-25/h23-25H,2-15H2,1H3. The van der Waals surface area contributed by atoms with E-state index in [-0.39, 0.29) is 5.41 Å². The van der Waals surface area contributed by atoms with E-state index in [0.29, 0.717) is 36.2 Å². The highest BCUT2D eigenvalue weighted by atomic mass is 32.1. The lowest BCUT2D eigenvalue weighted by Gasteiger charge is -2.34. The van der Waals surface area contributed by atoms with Crippen molar-refractivity contribution in [2.24, 2.45) is 5.41 Å². The molecule has 0 N–H and O–H groups in total. The van der Waals surface area contributed by atoms with Gasteiger partial charge in [-0.2, -0.15) is 37.9 Å². The first kappa shape index (κ1) is 24.6. The van der Waals surface area contributed by atoms with E-state index in [9.17, 15) is 0 Å². The second kappa shape index (κ2) is 13.8. The van der Waals surface area contributed by atoms with Gasteiger partial charge in [0.2, 0.25) is 0 Å². The van der Waals surface area contributed by atoms with Crippen LogP contribution in [0.1, 0.15) is 39.0 Å². The van der Waals surface area contributed by atoms with E-state index in [1.54, 1.807) is 0 Å². The number of allylic oxidation sites excluding steroid dienone is 1. The molecule has 0 aromatic rings. The molecule has 0 aliphatic rings. The number of rotatable bonds is 16. The molecule has 0 spiro atoms. The summed E-state index contributed by atoms with van der Waals surface area (Å²) >= 11 is 12.9. The lowest BCUT2D eigenvalue weighted by atomic mass is 9.78. The maximum atomic E-state index is 5.93. The highest BCUT2D eigenvalue weighted by Gasteiger charge is 2.32. The van der Waals surface area contributed by atoms with Gasteiger partial charge in [-0.15, -0.1) is 0 Å². The van der Waals surface area contributed by atoms with Crippen molar-refractivity contribution in [2.75, 3.05) is 30.5 Å². The fourth-order valence-electron chi connectivity index (χ4n) is 2.16. The van der Waals surface area contributed by atoms with Crippen molar-refractivity contribution in [1.29, 1.82) is 0 Å². The van der Waals surface area contributed by atoms with Gasteiger partial charge in [-0.3, -0.25) is 0 Å². The quantitative estimate of drug-likeness (QED) is 0.169. The van der Waals surface area contributed by atoms with Gasteiger partial charge in [0.05, 0.1) is 24.7 Å². The van der Waals surface area contributed by atoms with Crippen LogP contribution in [0.5, 0.6) is 0 Å². The van der Waals surface area contributed by atoms with Gasteiger partial charge in [0.15, 0.2) is 0 Å². The molecule has 2 nitrogen and oxygen atoms in total. The third kappa shape index (κ3) is 11.0. The molecule has 0 amide bonds. The Morgan fingerprint density at radius 1 is 0.760 bits per heavy atom. The van der Waals surface area contributed by atoms with Crippen LogP contribution in [-0.4, -0.2) is 30.5 Å². The fraction of sp³-hybridized carbons (Fsp3) is 0.600. The van der Waals surface area contributed by atoms with Crippen molar-refractivity contribution < 1.29 is 9.47 Å². The van der Waals surface area contributed by atoms with E-state index < -0.39 is 0 Å². The van der Waals surface area contributed by atoms with Crippen LogP contribution in [0, 0.1) is 5.41 Å². The first-order chi connectivity index (χ1) is 11.8. The highest BCUT2D eigenvalue weighted by molar-refractivity contribution is 7.80. The number of hydrogen-bond donors (Lipinski definition) is 3. The molecule has 0 fully saturated rings. The van der Waals surface area contributed by atoms with Crippen LogP contribution in [0.4, 0.5) is 0 Å². The largest absolute Gasteiger partial charge is 0.498 e. The molecule has 0 radical (unpaired) electrons. The summed E-state index contributed by atoms with van der Waals surface area (Å²) in [4.78, 5) is 0. The third-order valence-electron chi connectivity index (χ3n) is 4.20. The molecule has 0 aromatic heterocycles. The molecule has 0 saturated heterocycles. The van der Waals surface area contributed by atoms with E-state index >= 15 is 0 Å². The molecule has 0 bridgehead atoms. The van der Waals surface area contributed by atoms with Gasteiger partial charge in [-0.25, -0.2) is 0 Å². The Kier molecular flexibility index (Phi) is 13.6. The molecule has 0 saturated carbocycles. The van der Waals surface area contributed by atoms with Crippen molar-refractivity contribution in [1.82, 2.24) is 0 Å². The minimum Gasteiger partial charge on any atom is -0.498 e. The zero-order valence-corrected chi connectivity index (χ0v) is 18.2. The maximum absolute atomic E-state index is 5.93. The molecule has 25 heavy (non-hydrogen) atoms. The lowest BCUT2D eigenvalue weighted by molar-refractivity contribution is 0.00861. The van der Waals surface area contributed by atoms with Crippen LogP contribution < -0.4 is 0 Å². The van der Waals surface area contributed by atoms with E-state index in [4.69, 9.17) is 9.47 Å². The van der Waals surface area contributed by atoms with Crippen LogP contribution in [0.25, 0.3) is 0 Å². The Morgan fingerprint density at radius 3 is 1.56 bits per heavy atom. The summed E-state index contributed by atoms with van der Waals surface area (Å²) in [5.41, 5.74) is 2.06. The van der Waals surface area contributed by atoms with E-state index in [1.807, 2.05) is 6.92 Å². The second-order valence-corrected chi connectivity index (χ2v) is 7.43. The summed E-state index contributed by atoms with van der Waals surface area (Å²) < 4.78 is 11.8. The molecular formula is C20H34O2S3. The summed E-state index contributed by atoms with van der Waals surface area (Å²) in [7, 11) is 0. The van der Waals surface area contributed by atoms with E-state index in [2.05, 4.69) is 64.2 Å². The van der Waals surface area contributed by atoms with Gasteiger partial charge in [0, 0.05) is 29.1 Å². The van der Waals surface area contributed by atoms with Crippen LogP contribution >= 0.6 is 37.9 Å². The van der Waals surface area contributed by atoms with Crippen molar-refractivity contribution >= 4 is 37.9 Å². The Labute approximate surface area is 171 Å². The zero-order valence-electron chi connectivity index (χ0n) is 15.6. The molecule has 0 unspecified atom stereocenters. The van der Waals surface area contributed by atoms with Crippen molar-refractivity contribution in [3.8, 4) is 0 Å². The minimum atomic E-state index is -0.165. The Balaban J connectivity index is 5.24. The predicted molar refractivity (Wildman–Crippen MR) is 121 cm³/mol. The first-order valence-electron chi connectivity index (χ1n) is 8.59. The van der Waals surface area contributed by atoms with E-state index in [1.165, 1.54) is 0 Å². The SMILES string of the molecule is C=C(CS)CCC(CCC(=C)CS)(COC(=C)CC)COC(=C)CS. The van der Waals surface area contributed by atoms with Gasteiger partial charge in [-0.1, -0.05) is 44.4 Å². The average Bonchev–Trinajstić information content (AvgIpc) is 2.65. The molecule has 5 heteroatoms. The first-order valence-corrected chi connectivity index (χ1v) is 10.5. The van der Waals surface area contributed by atoms with Crippen LogP contribution in [0.2, 0.25) is 0 Å². The Morgan fingerprint density at radius 2 is 1.20 bits per heavy atom. The van der Waals surface area contributed by atoms with Gasteiger partial charge >= 0.3 is 0 Å². The van der Waals surface area contributed by atoms with Crippen LogP contribution in [-0.2, 0) is 9.47 Å². The third-order valence-corrected chi connectivity index (χ3v) is 5.45. The average molecular weight is 403 g/mol. The summed E-state index contributed by atoms with van der Waals surface area (Å²) in [6.07, 6.45) is 4.38. The maximum Gasteiger partial charge on any atom is 0.0984 e. The molecule has 0 rings (SSSR count). The van der Waals surface area contributed by atoms with Crippen molar-refractivity contribution in [3.05, 3.63) is 49.0 Å². The monoisotopic (exact) mass is 402 g/mol. The minimum absolute atomic E-state index is 0.165. The van der Waals surface area contributed by atoms with Crippen LogP contribution in [0.3, 0.4) is 0 Å². The summed E-state index contributed by atoms with van der Waals surface area (Å²) in [5, 5.41) is 0. The van der Waals surface area contributed by atoms with Gasteiger partial charge in [0.1, 0.15) is 0 Å². The summed E-state index contributed by atoms with van der Waals surface area (Å²) in [6.45, 7) is 19.1. The molecule has 144 valence electrons. The van der Waals surface area contributed by atoms with Gasteiger partial charge in [0.25, 0.3) is 0 Å². The number of thiol groups is 3. The smallest absolute Gasteiger partial charge is 0.0984 e. The lowest BCUT2D eigenvalue weighted by Crippen LogP contribution is -2.33. The molecular weight excluding hydrogens is 368 g/mol. The molecule has 0 aliphatic carbocycles. The molecule has 0 atom stereocenters. The fourth-order valence-corrected chi connectivity index (χ4v) is 2.56. The summed E-state index contributed by atoms with van der Waals surface area (Å²) in [5.74, 6) is 3.34. The summed E-state index contributed by atoms with van der Waals surface area (Å²) in [6, 6.07) is 0. The molecule has 0 aromatic carbocycles. The van der Waals surface area contributed by atoms with Gasteiger partial charge in [-0.05, 0) is 25.7 Å². The number of hydrogen-bond acceptors (Lipinski definition) is 5. The van der Waals surface area contributed by atoms with E-state index in [0.717, 1.165) is 49.0 Å². The van der Waals surface area contributed by atoms with Crippen LogP contribution in [0.15, 0.2) is 49.0 Å². The zero-order chi connectivity index (χ0) is 19.3. The predicted octanol–water partition coefficient (Wildman–Crippen LogP) is 5.91. The van der Waals surface area contributed by atoms with Crippen molar-refractivity contribution in [2.45, 2.75) is 39.0 Å². The molecule has 0 heterocycles. The van der Waals surface area contributed by atoms with Crippen molar-refractivity contribution in [3.63, 3.8) is 0 Å². The highest BCUT2D eigenvalue weighted by Crippen LogP contribution is 2.35. The molecule has 0 aliphatic heterocycles. The Hall–Kier alpha value is -0.390. The van der Waals surface area contributed by atoms with Gasteiger partial charge < -0.3 is 9.47 Å². The second-order valence-electron chi connectivity index (χ2n) is 6.48. The number of ether oxygens (including phenoxy) is 2. The normalized spacial score (nSPS) is 11.0. The Bertz CT molecular complexity index is 372. The topological polar surface area (TPSA) is 18.5 Å².